The number of carbonyl (C=O) groups is 6. The Morgan fingerprint density at radius 1 is 1.00 bits per heavy atom. The second-order valence-corrected chi connectivity index (χ2v) is 7.06. The number of nitrogens with two attached hydrogens (primary N) is 2. The van der Waals surface area contributed by atoms with Crippen molar-refractivity contribution in [2.75, 3.05) is 6.54 Å². The lowest BCUT2D eigenvalue weighted by atomic mass is 10.1. The van der Waals surface area contributed by atoms with Gasteiger partial charge in [-0.15, -0.1) is 0 Å². The summed E-state index contributed by atoms with van der Waals surface area (Å²) in [6.07, 6.45) is 1.68. The van der Waals surface area contributed by atoms with E-state index in [1.165, 1.54) is 12.5 Å². The normalized spacial score (nSPS) is 13.2. The first-order valence-corrected chi connectivity index (χ1v) is 9.82. The van der Waals surface area contributed by atoms with Crippen molar-refractivity contribution in [3.63, 3.8) is 0 Å². The maximum Gasteiger partial charge on any atom is 0.326 e. The summed E-state index contributed by atoms with van der Waals surface area (Å²) in [6.45, 7) is -0.612. The van der Waals surface area contributed by atoms with Gasteiger partial charge in [-0.2, -0.15) is 0 Å². The number of hydrogen-bond donors (Lipinski definition) is 8. The molecule has 182 valence electrons. The summed E-state index contributed by atoms with van der Waals surface area (Å²) < 4.78 is 0. The molecule has 33 heavy (non-hydrogen) atoms. The molecule has 3 unspecified atom stereocenters. The third kappa shape index (κ3) is 10.7. The molecule has 0 aliphatic carbocycles. The minimum absolute atomic E-state index is 0.0689. The van der Waals surface area contributed by atoms with Gasteiger partial charge in [-0.3, -0.25) is 24.0 Å². The zero-order valence-electron chi connectivity index (χ0n) is 17.6. The van der Waals surface area contributed by atoms with Crippen LogP contribution in [0.1, 0.15) is 31.4 Å². The van der Waals surface area contributed by atoms with Crippen molar-refractivity contribution >= 4 is 35.6 Å². The Morgan fingerprint density at radius 2 is 1.70 bits per heavy atom. The first-order chi connectivity index (χ1) is 15.5. The van der Waals surface area contributed by atoms with Crippen LogP contribution in [-0.2, 0) is 35.2 Å². The number of nitrogens with one attached hydrogen (secondary N) is 4. The number of imidazole rings is 1. The number of aromatic amines is 1. The minimum atomic E-state index is -1.30. The van der Waals surface area contributed by atoms with Gasteiger partial charge in [0.2, 0.25) is 23.6 Å². The molecule has 0 spiro atoms. The van der Waals surface area contributed by atoms with Gasteiger partial charge in [0.15, 0.2) is 0 Å². The van der Waals surface area contributed by atoms with Gasteiger partial charge in [-0.25, -0.2) is 9.78 Å². The Morgan fingerprint density at radius 3 is 2.24 bits per heavy atom. The van der Waals surface area contributed by atoms with E-state index in [1.807, 2.05) is 0 Å². The Bertz CT molecular complexity index is 858. The van der Waals surface area contributed by atoms with Gasteiger partial charge in [0.05, 0.1) is 18.9 Å². The van der Waals surface area contributed by atoms with Crippen molar-refractivity contribution < 1.29 is 39.0 Å². The third-order valence-electron chi connectivity index (χ3n) is 4.35. The molecule has 0 aliphatic rings. The molecule has 1 rings (SSSR count). The van der Waals surface area contributed by atoms with Crippen molar-refractivity contribution in [3.8, 4) is 0 Å². The fourth-order valence-electron chi connectivity index (χ4n) is 2.60. The minimum Gasteiger partial charge on any atom is -0.481 e. The van der Waals surface area contributed by atoms with Gasteiger partial charge < -0.3 is 42.6 Å². The molecular weight excluding hydrogens is 442 g/mol. The molecule has 0 fully saturated rings. The van der Waals surface area contributed by atoms with Crippen LogP contribution >= 0.6 is 0 Å². The van der Waals surface area contributed by atoms with Crippen LogP contribution in [0.2, 0.25) is 0 Å². The molecule has 1 aromatic heterocycles. The Hall–Kier alpha value is -4.01. The Kier molecular flexibility index (Phi) is 11.0. The van der Waals surface area contributed by atoms with Crippen molar-refractivity contribution in [1.29, 1.82) is 0 Å². The maximum absolute atomic E-state index is 12.4. The highest BCUT2D eigenvalue weighted by Crippen LogP contribution is 2.02. The van der Waals surface area contributed by atoms with Crippen LogP contribution in [0.5, 0.6) is 0 Å². The first-order valence-electron chi connectivity index (χ1n) is 9.82. The van der Waals surface area contributed by atoms with E-state index in [0.717, 1.165) is 0 Å². The molecule has 0 radical (unpaired) electrons. The number of hydrogen-bond acceptors (Lipinski definition) is 8. The molecule has 0 bridgehead atoms. The third-order valence-corrected chi connectivity index (χ3v) is 4.35. The van der Waals surface area contributed by atoms with Crippen LogP contribution in [0, 0.1) is 0 Å². The van der Waals surface area contributed by atoms with E-state index in [-0.39, 0.29) is 32.1 Å². The summed E-state index contributed by atoms with van der Waals surface area (Å²) in [7, 11) is 0. The van der Waals surface area contributed by atoms with Crippen LogP contribution in [-0.4, -0.2) is 80.4 Å². The highest BCUT2D eigenvalue weighted by molar-refractivity contribution is 5.93. The predicted molar refractivity (Wildman–Crippen MR) is 110 cm³/mol. The number of carboxylic acids is 2. The zero-order chi connectivity index (χ0) is 25.0. The van der Waals surface area contributed by atoms with E-state index in [4.69, 9.17) is 16.6 Å². The molecular formula is C18H27N7O8. The number of carboxylic acid groups (broad SMARTS) is 2. The van der Waals surface area contributed by atoms with Crippen LogP contribution < -0.4 is 27.4 Å². The summed E-state index contributed by atoms with van der Waals surface area (Å²) in [4.78, 5) is 76.2. The lowest BCUT2D eigenvalue weighted by Crippen LogP contribution is -2.53. The van der Waals surface area contributed by atoms with Gasteiger partial charge in [0, 0.05) is 31.2 Å². The molecule has 15 heteroatoms. The average Bonchev–Trinajstić information content (AvgIpc) is 3.25. The lowest BCUT2D eigenvalue weighted by molar-refractivity contribution is -0.141. The van der Waals surface area contributed by atoms with Gasteiger partial charge in [-0.05, 0) is 12.8 Å². The molecule has 3 atom stereocenters. The molecule has 0 aliphatic heterocycles. The predicted octanol–water partition coefficient (Wildman–Crippen LogP) is -3.42. The van der Waals surface area contributed by atoms with E-state index < -0.39 is 60.2 Å². The number of aromatic nitrogens is 2. The summed E-state index contributed by atoms with van der Waals surface area (Å²) in [5, 5.41) is 24.7. The van der Waals surface area contributed by atoms with E-state index in [1.54, 1.807) is 0 Å². The van der Waals surface area contributed by atoms with Crippen LogP contribution in [0.15, 0.2) is 12.5 Å². The zero-order valence-corrected chi connectivity index (χ0v) is 17.6. The summed E-state index contributed by atoms with van der Waals surface area (Å²) in [5.41, 5.74) is 11.2. The number of aliphatic carboxylic acids is 2. The first kappa shape index (κ1) is 27.0. The van der Waals surface area contributed by atoms with E-state index in [9.17, 15) is 33.9 Å². The SMILES string of the molecule is NC(=O)CCC(NC(=O)C(N)CCC(=O)O)C(=O)NCC(=O)NC(Cc1cnc[nH]1)C(=O)O. The number of nitrogens with zero attached hydrogens (tertiary/aromatic N) is 1. The van der Waals surface area contributed by atoms with Crippen molar-refractivity contribution in [2.24, 2.45) is 11.5 Å². The Balaban J connectivity index is 2.66. The van der Waals surface area contributed by atoms with Crippen LogP contribution in [0.25, 0.3) is 0 Å². The number of primary amides is 1. The Labute approximate surface area is 187 Å². The average molecular weight is 469 g/mol. The smallest absolute Gasteiger partial charge is 0.326 e. The monoisotopic (exact) mass is 469 g/mol. The maximum atomic E-state index is 12.4. The quantitative estimate of drug-likeness (QED) is 0.126. The van der Waals surface area contributed by atoms with Gasteiger partial charge in [0.25, 0.3) is 0 Å². The van der Waals surface area contributed by atoms with Gasteiger partial charge >= 0.3 is 11.9 Å². The summed E-state index contributed by atoms with van der Waals surface area (Å²) in [6, 6.07) is -3.78. The number of H-pyrrole nitrogens is 1. The summed E-state index contributed by atoms with van der Waals surface area (Å²) in [5.74, 6) is -5.67. The van der Waals surface area contributed by atoms with Gasteiger partial charge in [0.1, 0.15) is 12.1 Å². The lowest BCUT2D eigenvalue weighted by Gasteiger charge is -2.20. The molecule has 0 aromatic carbocycles. The van der Waals surface area contributed by atoms with Gasteiger partial charge in [-0.1, -0.05) is 0 Å². The summed E-state index contributed by atoms with van der Waals surface area (Å²) >= 11 is 0. The van der Waals surface area contributed by atoms with E-state index in [0.29, 0.717) is 5.69 Å². The molecule has 1 heterocycles. The highest BCUT2D eigenvalue weighted by Gasteiger charge is 2.26. The second-order valence-electron chi connectivity index (χ2n) is 7.06. The number of carbonyl (C=O) groups excluding carboxylic acids is 4. The van der Waals surface area contributed by atoms with Crippen molar-refractivity contribution in [1.82, 2.24) is 25.9 Å². The molecule has 0 saturated carbocycles. The fourth-order valence-corrected chi connectivity index (χ4v) is 2.60. The van der Waals surface area contributed by atoms with E-state index in [2.05, 4.69) is 25.9 Å². The highest BCUT2D eigenvalue weighted by atomic mass is 16.4. The number of rotatable bonds is 15. The van der Waals surface area contributed by atoms with E-state index >= 15 is 0 Å². The number of amides is 4. The molecule has 4 amide bonds. The van der Waals surface area contributed by atoms with Crippen LogP contribution in [0.4, 0.5) is 0 Å². The topological polar surface area (TPSA) is 260 Å². The standard InChI is InChI=1S/C18H27N7O8/c19-10(1-4-15(28)29)16(30)25-11(2-3-13(20)26)17(31)22-7-14(27)24-12(18(32)33)5-9-6-21-8-23-9/h6,8,10-12H,1-5,7,19H2,(H2,20,26)(H,21,23)(H,22,31)(H,24,27)(H,25,30)(H,28,29)(H,32,33). The molecule has 10 N–H and O–H groups in total. The largest absolute Gasteiger partial charge is 0.481 e. The van der Waals surface area contributed by atoms with Crippen molar-refractivity contribution in [3.05, 3.63) is 18.2 Å². The molecule has 0 saturated heterocycles. The van der Waals surface area contributed by atoms with Crippen LogP contribution in [0.3, 0.4) is 0 Å². The molecule has 15 nitrogen and oxygen atoms in total. The van der Waals surface area contributed by atoms with Crippen molar-refractivity contribution in [2.45, 2.75) is 50.2 Å². The second kappa shape index (κ2) is 13.4. The fraction of sp³-hybridized carbons (Fsp3) is 0.500. The molecule has 1 aromatic rings.